The van der Waals surface area contributed by atoms with Crippen molar-refractivity contribution in [2.45, 2.75) is 0 Å². The van der Waals surface area contributed by atoms with Crippen molar-refractivity contribution >= 4 is 17.4 Å². The van der Waals surface area contributed by atoms with Crippen LogP contribution in [0.5, 0.6) is 0 Å². The minimum Gasteiger partial charge on any atom is -0.383 e. The highest BCUT2D eigenvalue weighted by molar-refractivity contribution is 6.31. The fraction of sp³-hybridized carbons (Fsp3) is 0. The summed E-state index contributed by atoms with van der Waals surface area (Å²) in [5.74, 6) is -0.402. The van der Waals surface area contributed by atoms with Gasteiger partial charge in [-0.3, -0.25) is 0 Å². The first kappa shape index (κ1) is 14.1. The molecule has 108 valence electrons. The predicted octanol–water partition coefficient (Wildman–Crippen LogP) is 3.99. The molecule has 0 unspecified atom stereocenters. The number of rotatable bonds is 2. The van der Waals surface area contributed by atoms with Crippen LogP contribution in [0.4, 0.5) is 10.2 Å². The lowest BCUT2D eigenvalue weighted by molar-refractivity contribution is 0.628. The van der Waals surface area contributed by atoms with Crippen LogP contribution in [0.15, 0.2) is 42.6 Å². The number of anilines is 1. The molecule has 3 N–H and O–H groups in total. The molecule has 4 nitrogen and oxygen atoms in total. The zero-order chi connectivity index (χ0) is 15.7. The van der Waals surface area contributed by atoms with Gasteiger partial charge in [-0.1, -0.05) is 17.7 Å². The van der Waals surface area contributed by atoms with E-state index in [0.29, 0.717) is 16.8 Å². The topological polar surface area (TPSA) is 78.5 Å². The largest absolute Gasteiger partial charge is 0.383 e. The molecular formula is C16H10ClFN4. The van der Waals surface area contributed by atoms with Crippen LogP contribution in [0.1, 0.15) is 5.56 Å². The maximum Gasteiger partial charge on any atom is 0.142 e. The van der Waals surface area contributed by atoms with Crippen molar-refractivity contribution in [3.63, 3.8) is 0 Å². The summed E-state index contributed by atoms with van der Waals surface area (Å²) >= 11 is 5.83. The van der Waals surface area contributed by atoms with E-state index < -0.39 is 5.82 Å². The summed E-state index contributed by atoms with van der Waals surface area (Å²) in [7, 11) is 0. The van der Waals surface area contributed by atoms with Crippen molar-refractivity contribution in [3.05, 3.63) is 59.0 Å². The number of nitrogens with two attached hydrogens (primary N) is 1. The van der Waals surface area contributed by atoms with Gasteiger partial charge in [-0.25, -0.2) is 9.37 Å². The van der Waals surface area contributed by atoms with Gasteiger partial charge in [0.15, 0.2) is 0 Å². The second kappa shape index (κ2) is 5.51. The minimum absolute atomic E-state index is 0.0156. The Morgan fingerprint density at radius 1 is 1.27 bits per heavy atom. The third-order valence-electron chi connectivity index (χ3n) is 3.26. The van der Waals surface area contributed by atoms with Gasteiger partial charge < -0.3 is 10.7 Å². The number of nitrogen functional groups attached to an aromatic ring is 1. The number of benzene rings is 1. The fourth-order valence-corrected chi connectivity index (χ4v) is 2.38. The molecule has 2 aromatic heterocycles. The fourth-order valence-electron chi connectivity index (χ4n) is 2.20. The molecule has 6 heteroatoms. The Balaban J connectivity index is 2.25. The van der Waals surface area contributed by atoms with Crippen LogP contribution in [-0.4, -0.2) is 9.97 Å². The summed E-state index contributed by atoms with van der Waals surface area (Å²) in [6, 6.07) is 11.7. The zero-order valence-electron chi connectivity index (χ0n) is 11.3. The number of hydrogen-bond donors (Lipinski definition) is 2. The lowest BCUT2D eigenvalue weighted by atomic mass is 9.99. The van der Waals surface area contributed by atoms with Crippen molar-refractivity contribution < 1.29 is 4.39 Å². The molecule has 0 atom stereocenters. The Kier molecular flexibility index (Phi) is 3.53. The average Bonchev–Trinajstić information content (AvgIpc) is 3.03. The summed E-state index contributed by atoms with van der Waals surface area (Å²) in [6.45, 7) is 0. The first-order valence-electron chi connectivity index (χ1n) is 6.40. The van der Waals surface area contributed by atoms with Gasteiger partial charge in [0.25, 0.3) is 0 Å². The number of nitriles is 1. The number of halogens is 2. The van der Waals surface area contributed by atoms with Gasteiger partial charge in [0.1, 0.15) is 23.3 Å². The maximum atomic E-state index is 13.3. The molecule has 22 heavy (non-hydrogen) atoms. The number of H-pyrrole nitrogens is 1. The molecule has 0 aliphatic carbocycles. The number of nitrogens with one attached hydrogen (secondary N) is 1. The number of aromatic nitrogens is 2. The van der Waals surface area contributed by atoms with Crippen LogP contribution in [0.25, 0.3) is 22.5 Å². The SMILES string of the molecule is N#Cc1c(-c2ccc(F)c(Cl)c2)cc(-c2ccc[nH]2)nc1N. The molecule has 0 aliphatic rings. The van der Waals surface area contributed by atoms with E-state index in [1.165, 1.54) is 12.1 Å². The zero-order valence-corrected chi connectivity index (χ0v) is 12.0. The molecule has 0 fully saturated rings. The average molecular weight is 313 g/mol. The summed E-state index contributed by atoms with van der Waals surface area (Å²) in [5, 5.41) is 9.31. The number of pyridine rings is 1. The van der Waals surface area contributed by atoms with Crippen LogP contribution in [0, 0.1) is 17.1 Å². The smallest absolute Gasteiger partial charge is 0.142 e. The van der Waals surface area contributed by atoms with E-state index in [1.807, 2.05) is 18.2 Å². The van der Waals surface area contributed by atoms with Crippen molar-refractivity contribution in [2.75, 3.05) is 5.73 Å². The van der Waals surface area contributed by atoms with Crippen molar-refractivity contribution in [1.29, 1.82) is 5.26 Å². The Morgan fingerprint density at radius 3 is 2.73 bits per heavy atom. The number of nitrogens with zero attached hydrogens (tertiary/aromatic N) is 2. The van der Waals surface area contributed by atoms with Crippen LogP contribution in [0.3, 0.4) is 0 Å². The molecule has 0 saturated carbocycles. The molecule has 3 aromatic rings. The van der Waals surface area contributed by atoms with E-state index in [0.717, 1.165) is 5.69 Å². The lowest BCUT2D eigenvalue weighted by Gasteiger charge is -2.10. The van der Waals surface area contributed by atoms with E-state index >= 15 is 0 Å². The molecule has 0 aliphatic heterocycles. The standard InChI is InChI=1S/C16H10ClFN4/c17-12-6-9(3-4-13(12)18)10-7-15(14-2-1-5-21-14)22-16(20)11(10)8-19/h1-7,21H,(H2,20,22). The number of aromatic amines is 1. The predicted molar refractivity (Wildman–Crippen MR) is 83.6 cm³/mol. The summed E-state index contributed by atoms with van der Waals surface area (Å²) in [6.07, 6.45) is 1.76. The minimum atomic E-state index is -0.518. The van der Waals surface area contributed by atoms with Crippen molar-refractivity contribution in [2.24, 2.45) is 0 Å². The van der Waals surface area contributed by atoms with Gasteiger partial charge in [0.2, 0.25) is 0 Å². The van der Waals surface area contributed by atoms with Gasteiger partial charge in [-0.2, -0.15) is 5.26 Å². The Morgan fingerprint density at radius 2 is 2.09 bits per heavy atom. The molecule has 0 saturated heterocycles. The molecule has 0 amide bonds. The number of hydrogen-bond acceptors (Lipinski definition) is 3. The van der Waals surface area contributed by atoms with E-state index in [4.69, 9.17) is 17.3 Å². The van der Waals surface area contributed by atoms with Gasteiger partial charge in [0.05, 0.1) is 16.4 Å². The highest BCUT2D eigenvalue weighted by Crippen LogP contribution is 2.32. The van der Waals surface area contributed by atoms with E-state index in [2.05, 4.69) is 9.97 Å². The molecule has 3 rings (SSSR count). The highest BCUT2D eigenvalue weighted by atomic mass is 35.5. The van der Waals surface area contributed by atoms with Crippen LogP contribution < -0.4 is 5.73 Å². The summed E-state index contributed by atoms with van der Waals surface area (Å²) < 4.78 is 13.3. The molecular weight excluding hydrogens is 303 g/mol. The Labute approximate surface area is 131 Å². The molecule has 1 aromatic carbocycles. The summed E-state index contributed by atoms with van der Waals surface area (Å²) in [4.78, 5) is 7.26. The van der Waals surface area contributed by atoms with Crippen molar-refractivity contribution in [3.8, 4) is 28.6 Å². The second-order valence-electron chi connectivity index (χ2n) is 4.64. The monoisotopic (exact) mass is 312 g/mol. The van der Waals surface area contributed by atoms with Gasteiger partial charge in [0, 0.05) is 11.8 Å². The lowest BCUT2D eigenvalue weighted by Crippen LogP contribution is -2.00. The Bertz CT molecular complexity index is 882. The first-order chi connectivity index (χ1) is 10.6. The third kappa shape index (κ3) is 2.41. The van der Waals surface area contributed by atoms with E-state index in [-0.39, 0.29) is 16.4 Å². The maximum absolute atomic E-state index is 13.3. The van der Waals surface area contributed by atoms with E-state index in [1.54, 1.807) is 18.3 Å². The van der Waals surface area contributed by atoms with Gasteiger partial charge in [-0.05, 0) is 35.9 Å². The van der Waals surface area contributed by atoms with Gasteiger partial charge >= 0.3 is 0 Å². The van der Waals surface area contributed by atoms with Crippen LogP contribution in [0.2, 0.25) is 5.02 Å². The van der Waals surface area contributed by atoms with E-state index in [9.17, 15) is 9.65 Å². The molecule has 0 bridgehead atoms. The van der Waals surface area contributed by atoms with Crippen LogP contribution >= 0.6 is 11.6 Å². The molecule has 2 heterocycles. The summed E-state index contributed by atoms with van der Waals surface area (Å²) in [5.41, 5.74) is 8.65. The second-order valence-corrected chi connectivity index (χ2v) is 5.05. The first-order valence-corrected chi connectivity index (χ1v) is 6.77. The molecule has 0 radical (unpaired) electrons. The van der Waals surface area contributed by atoms with Crippen LogP contribution in [-0.2, 0) is 0 Å². The normalized spacial score (nSPS) is 10.4. The van der Waals surface area contributed by atoms with Gasteiger partial charge in [-0.15, -0.1) is 0 Å². The third-order valence-corrected chi connectivity index (χ3v) is 3.55. The Hall–Kier alpha value is -2.84. The van der Waals surface area contributed by atoms with Crippen molar-refractivity contribution in [1.82, 2.24) is 9.97 Å². The highest BCUT2D eigenvalue weighted by Gasteiger charge is 2.14. The quantitative estimate of drug-likeness (QED) is 0.751. The molecule has 0 spiro atoms.